The molecule has 0 aromatic rings. The molecule has 1 aliphatic heterocycles. The minimum atomic E-state index is -0.981. The average molecular weight is 298 g/mol. The maximum Gasteiger partial charge on any atom is 0.408 e. The number of carbonyl (C=O) groups is 4. The van der Waals surface area contributed by atoms with Gasteiger partial charge in [-0.05, 0) is 26.7 Å². The summed E-state index contributed by atoms with van der Waals surface area (Å²) in [4.78, 5) is 47.9. The molecule has 1 N–H and O–H groups in total. The highest BCUT2D eigenvalue weighted by atomic mass is 16.6. The van der Waals surface area contributed by atoms with Gasteiger partial charge in [-0.25, -0.2) is 9.69 Å². The summed E-state index contributed by atoms with van der Waals surface area (Å²) >= 11 is 0. The standard InChI is InChI=1S/C14H22N2O5/c1-8(2)11(15-13(20)21-14(3,4)5)12(19)16-9(17)6-7-10(16)18/h8,11H,6-7H2,1-5H3,(H,15,20)/t11-/m0/s1. The fraction of sp³-hybridized carbons (Fsp3) is 0.714. The molecule has 118 valence electrons. The van der Waals surface area contributed by atoms with E-state index >= 15 is 0 Å². The predicted molar refractivity (Wildman–Crippen MR) is 74.1 cm³/mol. The maximum absolute atomic E-state index is 12.3. The monoisotopic (exact) mass is 298 g/mol. The number of nitrogens with one attached hydrogen (secondary N) is 1. The van der Waals surface area contributed by atoms with Gasteiger partial charge in [0.25, 0.3) is 5.91 Å². The molecular weight excluding hydrogens is 276 g/mol. The van der Waals surface area contributed by atoms with Crippen molar-refractivity contribution in [3.63, 3.8) is 0 Å². The number of amides is 4. The SMILES string of the molecule is CC(C)[C@H](NC(=O)OC(C)(C)C)C(=O)N1C(=O)CCC1=O. The van der Waals surface area contributed by atoms with Crippen molar-refractivity contribution in [1.29, 1.82) is 0 Å². The first-order chi connectivity index (χ1) is 9.53. The molecule has 0 aromatic carbocycles. The average Bonchev–Trinajstić information content (AvgIpc) is 2.62. The summed E-state index contributed by atoms with van der Waals surface area (Å²) in [7, 11) is 0. The molecule has 1 saturated heterocycles. The van der Waals surface area contributed by atoms with E-state index in [0.717, 1.165) is 0 Å². The van der Waals surface area contributed by atoms with Crippen LogP contribution in [-0.2, 0) is 19.1 Å². The fourth-order valence-electron chi connectivity index (χ4n) is 1.91. The Kier molecular flexibility index (Phi) is 5.09. The van der Waals surface area contributed by atoms with Gasteiger partial charge in [-0.2, -0.15) is 0 Å². The van der Waals surface area contributed by atoms with Gasteiger partial charge in [-0.1, -0.05) is 13.8 Å². The van der Waals surface area contributed by atoms with Crippen LogP contribution in [0.15, 0.2) is 0 Å². The van der Waals surface area contributed by atoms with E-state index in [1.165, 1.54) is 0 Å². The number of hydrogen-bond donors (Lipinski definition) is 1. The van der Waals surface area contributed by atoms with Gasteiger partial charge in [-0.15, -0.1) is 0 Å². The number of alkyl carbamates (subject to hydrolysis) is 1. The molecule has 1 rings (SSSR count). The van der Waals surface area contributed by atoms with Crippen LogP contribution in [0.2, 0.25) is 0 Å². The van der Waals surface area contributed by atoms with Gasteiger partial charge in [0.05, 0.1) is 0 Å². The first-order valence-electron chi connectivity index (χ1n) is 6.92. The molecule has 7 heteroatoms. The van der Waals surface area contributed by atoms with Gasteiger partial charge in [0, 0.05) is 12.8 Å². The zero-order valence-electron chi connectivity index (χ0n) is 13.1. The van der Waals surface area contributed by atoms with Crippen LogP contribution >= 0.6 is 0 Å². The van der Waals surface area contributed by atoms with E-state index in [4.69, 9.17) is 4.74 Å². The second-order valence-electron chi connectivity index (χ2n) is 6.33. The smallest absolute Gasteiger partial charge is 0.408 e. The largest absolute Gasteiger partial charge is 0.444 e. The summed E-state index contributed by atoms with van der Waals surface area (Å²) in [6.45, 7) is 8.53. The van der Waals surface area contributed by atoms with Crippen LogP contribution in [0.25, 0.3) is 0 Å². The van der Waals surface area contributed by atoms with Gasteiger partial charge in [0.15, 0.2) is 0 Å². The Labute approximate surface area is 124 Å². The molecule has 0 aliphatic carbocycles. The minimum absolute atomic E-state index is 0.0296. The third-order valence-corrected chi connectivity index (χ3v) is 2.88. The molecule has 1 atom stereocenters. The summed E-state index contributed by atoms with van der Waals surface area (Å²) in [6.07, 6.45) is -0.697. The zero-order valence-corrected chi connectivity index (χ0v) is 13.1. The summed E-state index contributed by atoms with van der Waals surface area (Å²) in [5.41, 5.74) is -0.700. The highest BCUT2D eigenvalue weighted by molar-refractivity contribution is 6.16. The van der Waals surface area contributed by atoms with Crippen LogP contribution in [0.5, 0.6) is 0 Å². The number of imide groups is 3. The third kappa shape index (κ3) is 4.54. The molecule has 0 saturated carbocycles. The lowest BCUT2D eigenvalue weighted by molar-refractivity contribution is -0.151. The van der Waals surface area contributed by atoms with Gasteiger partial charge in [-0.3, -0.25) is 14.4 Å². The predicted octanol–water partition coefficient (Wildman–Crippen LogP) is 1.21. The minimum Gasteiger partial charge on any atom is -0.444 e. The number of likely N-dealkylation sites (tertiary alicyclic amines) is 1. The highest BCUT2D eigenvalue weighted by Crippen LogP contribution is 2.16. The first kappa shape index (κ1) is 17.1. The molecule has 0 aromatic heterocycles. The molecule has 4 amide bonds. The van der Waals surface area contributed by atoms with E-state index in [1.807, 2.05) is 0 Å². The Hall–Kier alpha value is -1.92. The second kappa shape index (κ2) is 6.24. The van der Waals surface area contributed by atoms with Gasteiger partial charge < -0.3 is 10.1 Å². The molecular formula is C14H22N2O5. The molecule has 1 fully saturated rings. The fourth-order valence-corrected chi connectivity index (χ4v) is 1.91. The Balaban J connectivity index is 2.82. The van der Waals surface area contributed by atoms with E-state index in [-0.39, 0.29) is 18.8 Å². The van der Waals surface area contributed by atoms with Gasteiger partial charge in [0.1, 0.15) is 11.6 Å². The molecule has 21 heavy (non-hydrogen) atoms. The van der Waals surface area contributed by atoms with E-state index in [1.54, 1.807) is 34.6 Å². The number of nitrogens with zero attached hydrogens (tertiary/aromatic N) is 1. The number of carbonyl (C=O) groups excluding carboxylic acids is 4. The Morgan fingerprint density at radius 3 is 2.00 bits per heavy atom. The molecule has 0 unspecified atom stereocenters. The highest BCUT2D eigenvalue weighted by Gasteiger charge is 2.40. The summed E-state index contributed by atoms with van der Waals surface area (Å²) in [5, 5.41) is 2.43. The summed E-state index contributed by atoms with van der Waals surface area (Å²) in [5.74, 6) is -2.04. The molecule has 7 nitrogen and oxygen atoms in total. The van der Waals surface area contributed by atoms with E-state index < -0.39 is 35.5 Å². The lowest BCUT2D eigenvalue weighted by atomic mass is 10.0. The van der Waals surface area contributed by atoms with Crippen LogP contribution in [0, 0.1) is 5.92 Å². The quantitative estimate of drug-likeness (QED) is 0.791. The molecule has 1 heterocycles. The van der Waals surface area contributed by atoms with Crippen molar-refractivity contribution in [2.75, 3.05) is 0 Å². The van der Waals surface area contributed by atoms with Gasteiger partial charge in [0.2, 0.25) is 11.8 Å². The Bertz CT molecular complexity index is 448. The van der Waals surface area contributed by atoms with Crippen LogP contribution in [0.4, 0.5) is 4.79 Å². The zero-order chi connectivity index (χ0) is 16.4. The summed E-state index contributed by atoms with van der Waals surface area (Å²) in [6, 6.07) is -0.981. The Morgan fingerprint density at radius 1 is 1.14 bits per heavy atom. The molecule has 0 bridgehead atoms. The molecule has 0 spiro atoms. The Morgan fingerprint density at radius 2 is 1.62 bits per heavy atom. The van der Waals surface area contributed by atoms with Crippen LogP contribution in [-0.4, -0.2) is 40.4 Å². The van der Waals surface area contributed by atoms with Crippen molar-refractivity contribution in [2.24, 2.45) is 5.92 Å². The van der Waals surface area contributed by atoms with Crippen molar-refractivity contribution >= 4 is 23.8 Å². The van der Waals surface area contributed by atoms with E-state index in [9.17, 15) is 19.2 Å². The van der Waals surface area contributed by atoms with Crippen molar-refractivity contribution in [1.82, 2.24) is 10.2 Å². The van der Waals surface area contributed by atoms with E-state index in [0.29, 0.717) is 4.90 Å². The summed E-state index contributed by atoms with van der Waals surface area (Å²) < 4.78 is 5.09. The lowest BCUT2D eigenvalue weighted by Crippen LogP contribution is -2.53. The number of rotatable bonds is 3. The van der Waals surface area contributed by atoms with Crippen LogP contribution < -0.4 is 5.32 Å². The normalized spacial score (nSPS) is 17.1. The van der Waals surface area contributed by atoms with Crippen molar-refractivity contribution in [3.8, 4) is 0 Å². The van der Waals surface area contributed by atoms with E-state index in [2.05, 4.69) is 5.32 Å². The second-order valence-corrected chi connectivity index (χ2v) is 6.33. The first-order valence-corrected chi connectivity index (χ1v) is 6.92. The molecule has 1 aliphatic rings. The van der Waals surface area contributed by atoms with Crippen molar-refractivity contribution in [2.45, 2.75) is 59.1 Å². The number of hydrogen-bond acceptors (Lipinski definition) is 5. The lowest BCUT2D eigenvalue weighted by Gasteiger charge is -2.26. The molecule has 0 radical (unpaired) electrons. The maximum atomic E-state index is 12.3. The van der Waals surface area contributed by atoms with Crippen LogP contribution in [0.1, 0.15) is 47.5 Å². The van der Waals surface area contributed by atoms with Gasteiger partial charge >= 0.3 is 6.09 Å². The topological polar surface area (TPSA) is 92.8 Å². The van der Waals surface area contributed by atoms with Crippen molar-refractivity contribution < 1.29 is 23.9 Å². The number of ether oxygens (including phenoxy) is 1. The van der Waals surface area contributed by atoms with Crippen LogP contribution in [0.3, 0.4) is 0 Å². The third-order valence-electron chi connectivity index (χ3n) is 2.88. The van der Waals surface area contributed by atoms with Crippen molar-refractivity contribution in [3.05, 3.63) is 0 Å².